The van der Waals surface area contributed by atoms with E-state index in [9.17, 15) is 4.39 Å². The zero-order chi connectivity index (χ0) is 12.4. The number of rotatable bonds is 2. The molecule has 0 aliphatic carbocycles. The fraction of sp³-hybridized carbons (Fsp3) is 0.0909. The Balaban J connectivity index is 2.38. The monoisotopic (exact) mass is 297 g/mol. The van der Waals surface area contributed by atoms with Crippen LogP contribution in [0.1, 0.15) is 5.69 Å². The van der Waals surface area contributed by atoms with E-state index >= 15 is 0 Å². The normalized spacial score (nSPS) is 10.3. The standard InChI is InChI=1S/C11H9BrFN3O/c1-6-10(13)11(16-5-15-6)17-9-4-7(14)2-3-8(9)12/h2-5H,14H2,1H3. The molecule has 0 unspecified atom stereocenters. The van der Waals surface area contributed by atoms with E-state index in [1.165, 1.54) is 13.3 Å². The Morgan fingerprint density at radius 2 is 2.12 bits per heavy atom. The molecular weight excluding hydrogens is 289 g/mol. The molecular formula is C11H9BrFN3O. The molecule has 1 aromatic heterocycles. The third-order valence-electron chi connectivity index (χ3n) is 2.09. The van der Waals surface area contributed by atoms with Crippen LogP contribution in [0.25, 0.3) is 0 Å². The number of ether oxygens (including phenoxy) is 1. The lowest BCUT2D eigenvalue weighted by Gasteiger charge is -2.08. The lowest BCUT2D eigenvalue weighted by Crippen LogP contribution is -1.97. The first-order valence-corrected chi connectivity index (χ1v) is 5.57. The number of hydrogen-bond acceptors (Lipinski definition) is 4. The van der Waals surface area contributed by atoms with Crippen molar-refractivity contribution in [3.05, 3.63) is 40.5 Å². The summed E-state index contributed by atoms with van der Waals surface area (Å²) >= 11 is 3.28. The Labute approximate surface area is 106 Å². The van der Waals surface area contributed by atoms with E-state index in [2.05, 4.69) is 25.9 Å². The topological polar surface area (TPSA) is 61.0 Å². The van der Waals surface area contributed by atoms with Crippen LogP contribution < -0.4 is 10.5 Å². The lowest BCUT2D eigenvalue weighted by atomic mass is 10.3. The second-order valence-corrected chi connectivity index (χ2v) is 4.22. The number of nitrogens with zero attached hydrogens (tertiary/aromatic N) is 2. The molecule has 0 amide bonds. The summed E-state index contributed by atoms with van der Waals surface area (Å²) in [6.07, 6.45) is 1.24. The fourth-order valence-electron chi connectivity index (χ4n) is 1.21. The Bertz CT molecular complexity index is 562. The van der Waals surface area contributed by atoms with Crippen LogP contribution in [0, 0.1) is 12.7 Å². The number of nitrogens with two attached hydrogens (primary N) is 1. The SMILES string of the molecule is Cc1ncnc(Oc2cc(N)ccc2Br)c1F. The summed E-state index contributed by atoms with van der Waals surface area (Å²) in [5.74, 6) is -0.298. The Hall–Kier alpha value is -1.69. The lowest BCUT2D eigenvalue weighted by molar-refractivity contribution is 0.415. The van der Waals surface area contributed by atoms with Gasteiger partial charge in [-0.3, -0.25) is 0 Å². The quantitative estimate of drug-likeness (QED) is 0.866. The molecule has 0 bridgehead atoms. The maximum atomic E-state index is 13.6. The molecule has 17 heavy (non-hydrogen) atoms. The first-order chi connectivity index (χ1) is 8.08. The average molecular weight is 298 g/mol. The molecule has 1 heterocycles. The van der Waals surface area contributed by atoms with E-state index in [0.717, 1.165) is 0 Å². The molecule has 6 heteroatoms. The van der Waals surface area contributed by atoms with Crippen molar-refractivity contribution in [1.29, 1.82) is 0 Å². The Kier molecular flexibility index (Phi) is 3.23. The maximum absolute atomic E-state index is 13.6. The first kappa shape index (κ1) is 11.8. The minimum Gasteiger partial charge on any atom is -0.435 e. The molecule has 0 aliphatic rings. The molecule has 0 atom stereocenters. The van der Waals surface area contributed by atoms with Crippen LogP contribution in [0.15, 0.2) is 29.0 Å². The predicted octanol–water partition coefficient (Wildman–Crippen LogP) is 3.06. The molecule has 0 fully saturated rings. The average Bonchev–Trinajstić information content (AvgIpc) is 2.30. The van der Waals surface area contributed by atoms with Gasteiger partial charge in [-0.05, 0) is 35.0 Å². The zero-order valence-electron chi connectivity index (χ0n) is 8.95. The molecule has 1 aromatic carbocycles. The van der Waals surface area contributed by atoms with Gasteiger partial charge in [0.25, 0.3) is 5.88 Å². The van der Waals surface area contributed by atoms with Crippen LogP contribution in [0.5, 0.6) is 11.6 Å². The molecule has 88 valence electrons. The number of anilines is 1. The van der Waals surface area contributed by atoms with E-state index in [-0.39, 0.29) is 11.6 Å². The van der Waals surface area contributed by atoms with Crippen LogP contribution in [-0.2, 0) is 0 Å². The molecule has 2 rings (SSSR count). The van der Waals surface area contributed by atoms with Crippen molar-refractivity contribution >= 4 is 21.6 Å². The van der Waals surface area contributed by atoms with E-state index in [0.29, 0.717) is 15.9 Å². The fourth-order valence-corrected chi connectivity index (χ4v) is 1.54. The summed E-state index contributed by atoms with van der Waals surface area (Å²) in [4.78, 5) is 7.45. The molecule has 2 aromatic rings. The van der Waals surface area contributed by atoms with Gasteiger partial charge in [0, 0.05) is 11.8 Å². The van der Waals surface area contributed by atoms with Crippen molar-refractivity contribution in [2.24, 2.45) is 0 Å². The largest absolute Gasteiger partial charge is 0.435 e. The summed E-state index contributed by atoms with van der Waals surface area (Å²) in [5, 5.41) is 0. The van der Waals surface area contributed by atoms with Gasteiger partial charge in [-0.15, -0.1) is 0 Å². The number of nitrogen functional groups attached to an aromatic ring is 1. The highest BCUT2D eigenvalue weighted by molar-refractivity contribution is 9.10. The van der Waals surface area contributed by atoms with Crippen LogP contribution in [0.2, 0.25) is 0 Å². The van der Waals surface area contributed by atoms with Crippen molar-refractivity contribution in [1.82, 2.24) is 9.97 Å². The van der Waals surface area contributed by atoms with E-state index < -0.39 is 5.82 Å². The van der Waals surface area contributed by atoms with Gasteiger partial charge in [0.1, 0.15) is 12.1 Å². The van der Waals surface area contributed by atoms with Gasteiger partial charge in [0.2, 0.25) is 5.82 Å². The van der Waals surface area contributed by atoms with Crippen molar-refractivity contribution in [2.45, 2.75) is 6.92 Å². The number of benzene rings is 1. The Morgan fingerprint density at radius 1 is 1.35 bits per heavy atom. The number of halogens is 2. The van der Waals surface area contributed by atoms with Gasteiger partial charge in [0.15, 0.2) is 0 Å². The number of aromatic nitrogens is 2. The van der Waals surface area contributed by atoms with Gasteiger partial charge in [-0.1, -0.05) is 0 Å². The van der Waals surface area contributed by atoms with E-state index in [1.807, 2.05) is 0 Å². The maximum Gasteiger partial charge on any atom is 0.259 e. The summed E-state index contributed by atoms with van der Waals surface area (Å²) in [5.41, 5.74) is 6.38. The summed E-state index contributed by atoms with van der Waals surface area (Å²) < 4.78 is 19.6. The van der Waals surface area contributed by atoms with Gasteiger partial charge in [-0.25, -0.2) is 4.98 Å². The molecule has 0 spiro atoms. The van der Waals surface area contributed by atoms with Gasteiger partial charge in [0.05, 0.1) is 10.2 Å². The van der Waals surface area contributed by atoms with E-state index in [4.69, 9.17) is 10.5 Å². The summed E-state index contributed by atoms with van der Waals surface area (Å²) in [7, 11) is 0. The number of hydrogen-bond donors (Lipinski definition) is 1. The smallest absolute Gasteiger partial charge is 0.259 e. The summed E-state index contributed by atoms with van der Waals surface area (Å²) in [6, 6.07) is 5.01. The highest BCUT2D eigenvalue weighted by Crippen LogP contribution is 2.31. The summed E-state index contributed by atoms with van der Waals surface area (Å²) in [6.45, 7) is 1.54. The second kappa shape index (κ2) is 4.67. The van der Waals surface area contributed by atoms with Crippen LogP contribution in [0.4, 0.5) is 10.1 Å². The minimum atomic E-state index is -0.582. The highest BCUT2D eigenvalue weighted by atomic mass is 79.9. The van der Waals surface area contributed by atoms with Crippen molar-refractivity contribution < 1.29 is 9.13 Å². The highest BCUT2D eigenvalue weighted by Gasteiger charge is 2.11. The van der Waals surface area contributed by atoms with Crippen molar-refractivity contribution in [2.75, 3.05) is 5.73 Å². The van der Waals surface area contributed by atoms with E-state index in [1.54, 1.807) is 18.2 Å². The third-order valence-corrected chi connectivity index (χ3v) is 2.75. The van der Waals surface area contributed by atoms with Crippen LogP contribution >= 0.6 is 15.9 Å². The van der Waals surface area contributed by atoms with Gasteiger partial charge >= 0.3 is 0 Å². The van der Waals surface area contributed by atoms with Crippen molar-refractivity contribution in [3.63, 3.8) is 0 Å². The van der Waals surface area contributed by atoms with Crippen LogP contribution in [-0.4, -0.2) is 9.97 Å². The molecule has 2 N–H and O–H groups in total. The van der Waals surface area contributed by atoms with Crippen LogP contribution in [0.3, 0.4) is 0 Å². The molecule has 4 nitrogen and oxygen atoms in total. The zero-order valence-corrected chi connectivity index (χ0v) is 10.5. The second-order valence-electron chi connectivity index (χ2n) is 3.37. The predicted molar refractivity (Wildman–Crippen MR) is 65.4 cm³/mol. The van der Waals surface area contributed by atoms with Crippen molar-refractivity contribution in [3.8, 4) is 11.6 Å². The van der Waals surface area contributed by atoms with Gasteiger partial charge in [-0.2, -0.15) is 9.37 Å². The minimum absolute atomic E-state index is 0.121. The molecule has 0 saturated carbocycles. The molecule has 0 saturated heterocycles. The first-order valence-electron chi connectivity index (χ1n) is 4.78. The number of aryl methyl sites for hydroxylation is 1. The molecule has 0 radical (unpaired) electrons. The molecule has 0 aliphatic heterocycles. The third kappa shape index (κ3) is 2.52. The Morgan fingerprint density at radius 3 is 2.88 bits per heavy atom. The van der Waals surface area contributed by atoms with Gasteiger partial charge < -0.3 is 10.5 Å².